The SMILES string of the molecule is CN(C)c1cccc(C(=O)N2CCC(OCc3cccnc3)CC2)c1. The minimum absolute atomic E-state index is 0.106. The van der Waals surface area contributed by atoms with Crippen LogP contribution in [0.4, 0.5) is 5.69 Å². The fourth-order valence-corrected chi connectivity index (χ4v) is 3.02. The molecule has 2 aromatic rings. The van der Waals surface area contributed by atoms with Crippen molar-refractivity contribution in [1.29, 1.82) is 0 Å². The molecular formula is C20H25N3O2. The average Bonchev–Trinajstić information content (AvgIpc) is 2.67. The second-order valence-electron chi connectivity index (χ2n) is 6.61. The summed E-state index contributed by atoms with van der Waals surface area (Å²) >= 11 is 0. The Morgan fingerprint density at radius 1 is 1.24 bits per heavy atom. The summed E-state index contributed by atoms with van der Waals surface area (Å²) in [5.74, 6) is 0.106. The molecule has 5 nitrogen and oxygen atoms in total. The Labute approximate surface area is 149 Å². The van der Waals surface area contributed by atoms with Crippen molar-refractivity contribution < 1.29 is 9.53 Å². The minimum atomic E-state index is 0.106. The Morgan fingerprint density at radius 2 is 2.04 bits per heavy atom. The highest BCUT2D eigenvalue weighted by atomic mass is 16.5. The first-order chi connectivity index (χ1) is 12.1. The molecule has 0 atom stereocenters. The van der Waals surface area contributed by atoms with Crippen LogP contribution in [-0.4, -0.2) is 49.1 Å². The van der Waals surface area contributed by atoms with Crippen LogP contribution in [0.2, 0.25) is 0 Å². The summed E-state index contributed by atoms with van der Waals surface area (Å²) in [6, 6.07) is 11.7. The first-order valence-electron chi connectivity index (χ1n) is 8.70. The predicted molar refractivity (Wildman–Crippen MR) is 98.7 cm³/mol. The van der Waals surface area contributed by atoms with Crippen LogP contribution in [0.3, 0.4) is 0 Å². The second-order valence-corrected chi connectivity index (χ2v) is 6.61. The van der Waals surface area contributed by atoms with Crippen LogP contribution in [0.5, 0.6) is 0 Å². The summed E-state index contributed by atoms with van der Waals surface area (Å²) < 4.78 is 5.97. The topological polar surface area (TPSA) is 45.7 Å². The molecule has 3 rings (SSSR count). The molecule has 2 heterocycles. The fraction of sp³-hybridized carbons (Fsp3) is 0.400. The summed E-state index contributed by atoms with van der Waals surface area (Å²) in [6.45, 7) is 2.06. The van der Waals surface area contributed by atoms with Gasteiger partial charge >= 0.3 is 0 Å². The third-order valence-corrected chi connectivity index (χ3v) is 4.55. The number of piperidine rings is 1. The van der Waals surface area contributed by atoms with Gasteiger partial charge in [0.25, 0.3) is 5.91 Å². The van der Waals surface area contributed by atoms with Gasteiger partial charge in [-0.3, -0.25) is 9.78 Å². The Balaban J connectivity index is 1.51. The largest absolute Gasteiger partial charge is 0.378 e. The first kappa shape index (κ1) is 17.4. The van der Waals surface area contributed by atoms with E-state index >= 15 is 0 Å². The molecule has 1 aromatic carbocycles. The molecule has 1 amide bonds. The molecule has 1 fully saturated rings. The Morgan fingerprint density at radius 3 is 2.72 bits per heavy atom. The number of likely N-dealkylation sites (tertiary alicyclic amines) is 1. The first-order valence-corrected chi connectivity index (χ1v) is 8.70. The molecule has 0 N–H and O–H groups in total. The summed E-state index contributed by atoms with van der Waals surface area (Å²) in [6.07, 6.45) is 5.55. The standard InChI is InChI=1S/C20H25N3O2/c1-22(2)18-7-3-6-17(13-18)20(24)23-11-8-19(9-12-23)25-15-16-5-4-10-21-14-16/h3-7,10,13-14,19H,8-9,11-12,15H2,1-2H3. The zero-order valence-electron chi connectivity index (χ0n) is 14.9. The van der Waals surface area contributed by atoms with Crippen molar-refractivity contribution in [2.24, 2.45) is 0 Å². The number of nitrogens with zero attached hydrogens (tertiary/aromatic N) is 3. The smallest absolute Gasteiger partial charge is 0.253 e. The monoisotopic (exact) mass is 339 g/mol. The maximum Gasteiger partial charge on any atom is 0.253 e. The molecule has 132 valence electrons. The normalized spacial score (nSPS) is 15.2. The third kappa shape index (κ3) is 4.57. The van der Waals surface area contributed by atoms with Crippen molar-refractivity contribution in [2.45, 2.75) is 25.6 Å². The predicted octanol–water partition coefficient (Wildman–Crippen LogP) is 2.97. The van der Waals surface area contributed by atoms with Crippen molar-refractivity contribution in [2.75, 3.05) is 32.1 Å². The minimum Gasteiger partial charge on any atom is -0.378 e. The van der Waals surface area contributed by atoms with Crippen molar-refractivity contribution in [3.05, 3.63) is 59.9 Å². The maximum atomic E-state index is 12.7. The number of pyridine rings is 1. The molecule has 0 radical (unpaired) electrons. The number of aromatic nitrogens is 1. The van der Waals surface area contributed by atoms with Gasteiger partial charge in [0.05, 0.1) is 12.7 Å². The van der Waals surface area contributed by atoms with E-state index in [-0.39, 0.29) is 12.0 Å². The van der Waals surface area contributed by atoms with E-state index in [0.717, 1.165) is 42.7 Å². The van der Waals surface area contributed by atoms with Gasteiger partial charge in [-0.1, -0.05) is 12.1 Å². The molecule has 1 saturated heterocycles. The average molecular weight is 339 g/mol. The lowest BCUT2D eigenvalue weighted by Crippen LogP contribution is -2.40. The quantitative estimate of drug-likeness (QED) is 0.840. The van der Waals surface area contributed by atoms with Crippen LogP contribution in [-0.2, 0) is 11.3 Å². The molecule has 5 heteroatoms. The lowest BCUT2D eigenvalue weighted by molar-refractivity contribution is -0.000467. The van der Waals surface area contributed by atoms with Crippen molar-refractivity contribution in [3.8, 4) is 0 Å². The van der Waals surface area contributed by atoms with E-state index in [9.17, 15) is 4.79 Å². The summed E-state index contributed by atoms with van der Waals surface area (Å²) in [7, 11) is 3.96. The molecule has 0 unspecified atom stereocenters. The highest BCUT2D eigenvalue weighted by Gasteiger charge is 2.24. The van der Waals surface area contributed by atoms with Crippen LogP contribution >= 0.6 is 0 Å². The molecule has 25 heavy (non-hydrogen) atoms. The summed E-state index contributed by atoms with van der Waals surface area (Å²) in [5.41, 5.74) is 2.88. The van der Waals surface area contributed by atoms with Gasteiger partial charge in [0.2, 0.25) is 0 Å². The van der Waals surface area contributed by atoms with E-state index < -0.39 is 0 Å². The van der Waals surface area contributed by atoms with E-state index in [0.29, 0.717) is 6.61 Å². The van der Waals surface area contributed by atoms with E-state index in [1.807, 2.05) is 66.5 Å². The van der Waals surface area contributed by atoms with Crippen LogP contribution in [0.15, 0.2) is 48.8 Å². The number of amides is 1. The van der Waals surface area contributed by atoms with Crippen molar-refractivity contribution in [3.63, 3.8) is 0 Å². The summed E-state index contributed by atoms with van der Waals surface area (Å²) in [4.78, 5) is 20.8. The Bertz CT molecular complexity index is 695. The van der Waals surface area contributed by atoms with E-state index in [4.69, 9.17) is 4.74 Å². The van der Waals surface area contributed by atoms with Crippen molar-refractivity contribution in [1.82, 2.24) is 9.88 Å². The molecule has 1 aromatic heterocycles. The number of ether oxygens (including phenoxy) is 1. The second kappa shape index (κ2) is 8.12. The molecule has 0 aliphatic carbocycles. The third-order valence-electron chi connectivity index (χ3n) is 4.55. The zero-order chi connectivity index (χ0) is 17.6. The van der Waals surface area contributed by atoms with Gasteiger partial charge in [0, 0.05) is 50.8 Å². The van der Waals surface area contributed by atoms with Gasteiger partial charge in [-0.05, 0) is 42.7 Å². The van der Waals surface area contributed by atoms with Gasteiger partial charge in [-0.25, -0.2) is 0 Å². The molecule has 0 spiro atoms. The van der Waals surface area contributed by atoms with Gasteiger partial charge < -0.3 is 14.5 Å². The number of benzene rings is 1. The highest BCUT2D eigenvalue weighted by molar-refractivity contribution is 5.95. The molecule has 0 saturated carbocycles. The maximum absolute atomic E-state index is 12.7. The Hall–Kier alpha value is -2.40. The van der Waals surface area contributed by atoms with E-state index in [2.05, 4.69) is 4.98 Å². The van der Waals surface area contributed by atoms with Gasteiger partial charge in [0.1, 0.15) is 0 Å². The summed E-state index contributed by atoms with van der Waals surface area (Å²) in [5, 5.41) is 0. The van der Waals surface area contributed by atoms with E-state index in [1.54, 1.807) is 6.20 Å². The highest BCUT2D eigenvalue weighted by Crippen LogP contribution is 2.20. The number of anilines is 1. The van der Waals surface area contributed by atoms with Gasteiger partial charge in [-0.2, -0.15) is 0 Å². The van der Waals surface area contributed by atoms with Gasteiger partial charge in [-0.15, -0.1) is 0 Å². The zero-order valence-corrected chi connectivity index (χ0v) is 14.9. The molecule has 0 bridgehead atoms. The Kier molecular flexibility index (Phi) is 5.66. The van der Waals surface area contributed by atoms with Crippen LogP contribution < -0.4 is 4.90 Å². The molecular weight excluding hydrogens is 314 g/mol. The molecule has 1 aliphatic rings. The lowest BCUT2D eigenvalue weighted by atomic mass is 10.1. The van der Waals surface area contributed by atoms with Crippen LogP contribution in [0, 0.1) is 0 Å². The lowest BCUT2D eigenvalue weighted by Gasteiger charge is -2.32. The van der Waals surface area contributed by atoms with Crippen LogP contribution in [0.1, 0.15) is 28.8 Å². The number of rotatable bonds is 5. The van der Waals surface area contributed by atoms with E-state index in [1.165, 1.54) is 0 Å². The number of carbonyl (C=O) groups is 1. The van der Waals surface area contributed by atoms with Gasteiger partial charge in [0.15, 0.2) is 0 Å². The number of hydrogen-bond donors (Lipinski definition) is 0. The van der Waals surface area contributed by atoms with Crippen molar-refractivity contribution >= 4 is 11.6 Å². The number of carbonyl (C=O) groups excluding carboxylic acids is 1. The fourth-order valence-electron chi connectivity index (χ4n) is 3.02. The molecule has 1 aliphatic heterocycles. The number of hydrogen-bond acceptors (Lipinski definition) is 4. The van der Waals surface area contributed by atoms with Crippen LogP contribution in [0.25, 0.3) is 0 Å².